The van der Waals surface area contributed by atoms with Gasteiger partial charge in [-0.25, -0.2) is 24.4 Å². The fourth-order valence-electron chi connectivity index (χ4n) is 5.14. The molecule has 14 heteroatoms. The Morgan fingerprint density at radius 3 is 2.39 bits per heavy atom. The molecule has 2 saturated heterocycles. The summed E-state index contributed by atoms with van der Waals surface area (Å²) in [5.41, 5.74) is 0.822. The van der Waals surface area contributed by atoms with Crippen LogP contribution < -0.4 is 10.2 Å². The van der Waals surface area contributed by atoms with Gasteiger partial charge in [0.2, 0.25) is 11.9 Å². The molecule has 4 rings (SSSR count). The Kier molecular flexibility index (Phi) is 8.90. The number of alkyl carbamates (subject to hydrolysis) is 1. The summed E-state index contributed by atoms with van der Waals surface area (Å²) < 4.78 is 11.0. The minimum absolute atomic E-state index is 0.0573. The maximum atomic E-state index is 13.4. The lowest BCUT2D eigenvalue weighted by Gasteiger charge is -2.32. The molecule has 2 fully saturated rings. The van der Waals surface area contributed by atoms with Crippen molar-refractivity contribution in [2.75, 3.05) is 44.7 Å². The van der Waals surface area contributed by atoms with E-state index < -0.39 is 47.9 Å². The molecule has 1 aromatic heterocycles. The molecule has 14 nitrogen and oxygen atoms in total. The molecule has 0 bridgehead atoms. The van der Waals surface area contributed by atoms with Crippen LogP contribution in [0.25, 0.3) is 0 Å². The Morgan fingerprint density at radius 1 is 1.10 bits per heavy atom. The van der Waals surface area contributed by atoms with Crippen molar-refractivity contribution in [3.63, 3.8) is 0 Å². The predicted molar refractivity (Wildman–Crippen MR) is 147 cm³/mol. The van der Waals surface area contributed by atoms with Gasteiger partial charge in [-0.15, -0.1) is 0 Å². The molecule has 41 heavy (non-hydrogen) atoms. The van der Waals surface area contributed by atoms with E-state index in [1.165, 1.54) is 4.90 Å². The maximum absolute atomic E-state index is 13.4. The zero-order valence-corrected chi connectivity index (χ0v) is 24.6. The molecule has 0 radical (unpaired) electrons. The average Bonchev–Trinajstić information content (AvgIpc) is 3.50. The Morgan fingerprint density at radius 2 is 1.78 bits per heavy atom. The largest absolute Gasteiger partial charge is 0.480 e. The van der Waals surface area contributed by atoms with Crippen molar-refractivity contribution in [3.8, 4) is 0 Å². The molecular formula is C27H41N7O7. The Balaban J connectivity index is 1.38. The van der Waals surface area contributed by atoms with Crippen molar-refractivity contribution in [1.82, 2.24) is 30.0 Å². The van der Waals surface area contributed by atoms with Gasteiger partial charge in [0.05, 0.1) is 25.3 Å². The summed E-state index contributed by atoms with van der Waals surface area (Å²) in [5.74, 6) is -1.49. The fourth-order valence-corrected chi connectivity index (χ4v) is 5.14. The zero-order chi connectivity index (χ0) is 30.1. The van der Waals surface area contributed by atoms with Gasteiger partial charge in [-0.05, 0) is 33.7 Å². The number of carboxylic acids is 1. The highest BCUT2D eigenvalue weighted by atomic mass is 16.6. The fraction of sp³-hybridized carbons (Fsp3) is 0.704. The van der Waals surface area contributed by atoms with Gasteiger partial charge in [-0.3, -0.25) is 9.69 Å². The molecule has 3 amide bonds. The van der Waals surface area contributed by atoms with Crippen molar-refractivity contribution in [2.24, 2.45) is 5.92 Å². The number of rotatable bonds is 6. The number of fused-ring (bicyclic) bond motifs is 1. The number of anilines is 1. The molecule has 3 aliphatic heterocycles. The molecule has 0 spiro atoms. The Bertz CT molecular complexity index is 1160. The van der Waals surface area contributed by atoms with E-state index in [9.17, 15) is 24.3 Å². The maximum Gasteiger partial charge on any atom is 0.410 e. The van der Waals surface area contributed by atoms with Gasteiger partial charge in [0, 0.05) is 44.4 Å². The molecule has 0 aromatic carbocycles. The smallest absolute Gasteiger partial charge is 0.410 e. The van der Waals surface area contributed by atoms with Crippen molar-refractivity contribution in [3.05, 3.63) is 17.5 Å². The summed E-state index contributed by atoms with van der Waals surface area (Å²) in [5, 5.41) is 12.4. The number of hydrogen-bond donors (Lipinski definition) is 2. The SMILES string of the molecule is CC(C)[C@H](NC(=O)OC(C)(C)C)C(=O)N1C[C@H](OC(=O)N2Cc3cnc(N4CCN(C)CC4)nc3C2)C[C@H]1C(=O)O. The number of hydrogen-bond acceptors (Lipinski definition) is 10. The first-order valence-electron chi connectivity index (χ1n) is 14.0. The number of carboxylic acid groups (broad SMARTS) is 1. The third-order valence-electron chi connectivity index (χ3n) is 7.39. The van der Waals surface area contributed by atoms with Gasteiger partial charge in [0.25, 0.3) is 0 Å². The van der Waals surface area contributed by atoms with Gasteiger partial charge in [-0.2, -0.15) is 0 Å². The van der Waals surface area contributed by atoms with Crippen LogP contribution in [0.1, 0.15) is 52.3 Å². The Labute approximate surface area is 240 Å². The van der Waals surface area contributed by atoms with Crippen LogP contribution in [0, 0.1) is 5.92 Å². The number of piperazine rings is 1. The van der Waals surface area contributed by atoms with E-state index in [0.29, 0.717) is 5.95 Å². The molecule has 3 atom stereocenters. The standard InChI is InChI=1S/C27H41N7O7/c1-16(2)21(30-25(38)41-27(3,4)5)22(35)34-14-18(11-20(34)23(36)37)40-26(39)33-13-17-12-28-24(29-19(17)15-33)32-9-7-31(6)8-10-32/h12,16,18,20-21H,7-11,13-15H2,1-6H3,(H,30,38)(H,36,37)/t18-,20+,21+/m1/s1. The first kappa shape index (κ1) is 30.3. The normalized spacial score (nSPS) is 22.0. The van der Waals surface area contributed by atoms with Gasteiger partial charge >= 0.3 is 18.2 Å². The van der Waals surface area contributed by atoms with E-state index in [1.54, 1.807) is 40.8 Å². The highest BCUT2D eigenvalue weighted by Crippen LogP contribution is 2.27. The molecular weight excluding hydrogens is 534 g/mol. The second-order valence-electron chi connectivity index (χ2n) is 12.2. The molecule has 0 saturated carbocycles. The number of likely N-dealkylation sites (N-methyl/N-ethyl adjacent to an activating group) is 1. The van der Waals surface area contributed by atoms with Crippen LogP contribution in [0.5, 0.6) is 0 Å². The second kappa shape index (κ2) is 12.0. The number of ether oxygens (including phenoxy) is 2. The van der Waals surface area contributed by atoms with Crippen molar-refractivity contribution in [1.29, 1.82) is 0 Å². The van der Waals surface area contributed by atoms with Gasteiger partial charge in [-0.1, -0.05) is 13.8 Å². The second-order valence-corrected chi connectivity index (χ2v) is 12.2. The van der Waals surface area contributed by atoms with Crippen molar-refractivity contribution < 1.29 is 33.8 Å². The summed E-state index contributed by atoms with van der Waals surface area (Å²) in [6.45, 7) is 12.5. The number of aromatic nitrogens is 2. The lowest BCUT2D eigenvalue weighted by Crippen LogP contribution is -2.54. The molecule has 3 aliphatic rings. The van der Waals surface area contributed by atoms with Gasteiger partial charge in [0.1, 0.15) is 23.8 Å². The molecule has 0 aliphatic carbocycles. The summed E-state index contributed by atoms with van der Waals surface area (Å²) >= 11 is 0. The minimum atomic E-state index is -1.21. The van der Waals surface area contributed by atoms with Crippen LogP contribution in [0.15, 0.2) is 6.20 Å². The lowest BCUT2D eigenvalue weighted by atomic mass is 10.0. The van der Waals surface area contributed by atoms with E-state index in [1.807, 2.05) is 0 Å². The molecule has 0 unspecified atom stereocenters. The molecule has 4 heterocycles. The quantitative estimate of drug-likeness (QED) is 0.503. The van der Waals surface area contributed by atoms with E-state index in [4.69, 9.17) is 14.5 Å². The van der Waals surface area contributed by atoms with Crippen LogP contribution in [-0.4, -0.2) is 117 Å². The highest BCUT2D eigenvalue weighted by molar-refractivity contribution is 5.90. The number of carbonyl (C=O) groups is 4. The minimum Gasteiger partial charge on any atom is -0.480 e. The van der Waals surface area contributed by atoms with Gasteiger partial charge < -0.3 is 34.6 Å². The Hall–Kier alpha value is -3.68. The average molecular weight is 576 g/mol. The third-order valence-corrected chi connectivity index (χ3v) is 7.39. The van der Waals surface area contributed by atoms with E-state index in [2.05, 4.69) is 27.1 Å². The lowest BCUT2D eigenvalue weighted by molar-refractivity contribution is -0.149. The summed E-state index contributed by atoms with van der Waals surface area (Å²) in [7, 11) is 2.08. The zero-order valence-electron chi connectivity index (χ0n) is 24.6. The topological polar surface area (TPSA) is 158 Å². The highest BCUT2D eigenvalue weighted by Gasteiger charge is 2.45. The van der Waals surface area contributed by atoms with E-state index in [0.717, 1.165) is 42.3 Å². The summed E-state index contributed by atoms with van der Waals surface area (Å²) in [4.78, 5) is 67.2. The number of amides is 3. The number of likely N-dealkylation sites (tertiary alicyclic amines) is 1. The monoisotopic (exact) mass is 575 g/mol. The van der Waals surface area contributed by atoms with Gasteiger partial charge in [0.15, 0.2) is 0 Å². The third kappa shape index (κ3) is 7.34. The summed E-state index contributed by atoms with van der Waals surface area (Å²) in [6.07, 6.45) is -0.523. The number of aliphatic carboxylic acids is 1. The van der Waals surface area contributed by atoms with E-state index in [-0.39, 0.29) is 32.0 Å². The van der Waals surface area contributed by atoms with Crippen LogP contribution in [-0.2, 0) is 32.2 Å². The first-order chi connectivity index (χ1) is 19.2. The van der Waals surface area contributed by atoms with Crippen molar-refractivity contribution >= 4 is 30.0 Å². The predicted octanol–water partition coefficient (Wildman–Crippen LogP) is 1.28. The molecule has 2 N–H and O–H groups in total. The number of nitrogens with zero attached hydrogens (tertiary/aromatic N) is 6. The van der Waals surface area contributed by atoms with Crippen LogP contribution in [0.2, 0.25) is 0 Å². The van der Waals surface area contributed by atoms with Crippen molar-refractivity contribution in [2.45, 2.75) is 77.9 Å². The molecule has 1 aromatic rings. The number of nitrogens with one attached hydrogen (secondary N) is 1. The summed E-state index contributed by atoms with van der Waals surface area (Å²) in [6, 6.07) is -2.21. The molecule has 226 valence electrons. The van der Waals surface area contributed by atoms with E-state index >= 15 is 0 Å². The van der Waals surface area contributed by atoms with Crippen LogP contribution in [0.3, 0.4) is 0 Å². The number of carbonyl (C=O) groups excluding carboxylic acids is 3. The first-order valence-corrected chi connectivity index (χ1v) is 14.0. The van der Waals surface area contributed by atoms with Crippen LogP contribution in [0.4, 0.5) is 15.5 Å². The van der Waals surface area contributed by atoms with Crippen LogP contribution >= 0.6 is 0 Å².